The van der Waals surface area contributed by atoms with Crippen LogP contribution < -0.4 is 15.0 Å². The number of carbonyl (C=O) groups is 1. The maximum absolute atomic E-state index is 14.2. The zero-order valence-electron chi connectivity index (χ0n) is 18.6. The van der Waals surface area contributed by atoms with Crippen LogP contribution in [0.5, 0.6) is 5.75 Å². The summed E-state index contributed by atoms with van der Waals surface area (Å²) in [5.74, 6) is -0.743. The number of amides is 1. The Kier molecular flexibility index (Phi) is 5.51. The molecule has 4 heterocycles. The normalized spacial score (nSPS) is 13.0. The number of hydrogen-bond donors (Lipinski definition) is 1. The van der Waals surface area contributed by atoms with Gasteiger partial charge in [0.1, 0.15) is 23.9 Å². The molecule has 182 valence electrons. The Morgan fingerprint density at radius 1 is 1.17 bits per heavy atom. The van der Waals surface area contributed by atoms with E-state index in [9.17, 15) is 23.2 Å². The maximum atomic E-state index is 14.2. The zero-order valence-corrected chi connectivity index (χ0v) is 18.6. The van der Waals surface area contributed by atoms with Gasteiger partial charge in [0.2, 0.25) is 0 Å². The molecule has 11 nitrogen and oxygen atoms in total. The minimum Gasteiger partial charge on any atom is -0.487 e. The molecule has 3 aromatic heterocycles. The highest BCUT2D eigenvalue weighted by Crippen LogP contribution is 2.40. The van der Waals surface area contributed by atoms with E-state index < -0.39 is 23.3 Å². The molecule has 1 aliphatic heterocycles. The van der Waals surface area contributed by atoms with Gasteiger partial charge in [0.25, 0.3) is 5.91 Å². The van der Waals surface area contributed by atoms with Crippen molar-refractivity contribution in [3.63, 3.8) is 0 Å². The van der Waals surface area contributed by atoms with Gasteiger partial charge in [-0.2, -0.15) is 33.7 Å². The van der Waals surface area contributed by atoms with Gasteiger partial charge in [0, 0.05) is 7.05 Å². The molecule has 1 aliphatic rings. The molecule has 0 saturated heterocycles. The van der Waals surface area contributed by atoms with Gasteiger partial charge in [-0.3, -0.25) is 4.79 Å². The number of aromatic nitrogens is 6. The van der Waals surface area contributed by atoms with E-state index in [4.69, 9.17) is 4.74 Å². The summed E-state index contributed by atoms with van der Waals surface area (Å²) < 4.78 is 48.9. The van der Waals surface area contributed by atoms with E-state index in [-0.39, 0.29) is 35.1 Å². The SMILES string of the molecule is CN1CCOc2c1cccc2-n1ncc(C(=O)Nc2cnc(-n3nccn3)c(C#N)c2)c1C(F)(F)F. The van der Waals surface area contributed by atoms with Crippen LogP contribution >= 0.6 is 0 Å². The summed E-state index contributed by atoms with van der Waals surface area (Å²) in [4.78, 5) is 20.0. The number of anilines is 2. The molecule has 0 spiro atoms. The van der Waals surface area contributed by atoms with Gasteiger partial charge in [0.15, 0.2) is 17.3 Å². The Balaban J connectivity index is 1.52. The van der Waals surface area contributed by atoms with Crippen LogP contribution in [0, 0.1) is 11.3 Å². The number of nitriles is 1. The monoisotopic (exact) mass is 495 g/mol. The molecule has 1 amide bonds. The van der Waals surface area contributed by atoms with Gasteiger partial charge in [-0.05, 0) is 18.2 Å². The van der Waals surface area contributed by atoms with E-state index in [0.29, 0.717) is 16.9 Å². The number of halogens is 3. The van der Waals surface area contributed by atoms with Crippen LogP contribution in [0.15, 0.2) is 49.1 Å². The van der Waals surface area contributed by atoms with Gasteiger partial charge < -0.3 is 15.0 Å². The second kappa shape index (κ2) is 8.69. The molecule has 14 heteroatoms. The molecule has 0 atom stereocenters. The predicted molar refractivity (Wildman–Crippen MR) is 119 cm³/mol. The van der Waals surface area contributed by atoms with Gasteiger partial charge in [-0.15, -0.1) is 4.80 Å². The van der Waals surface area contributed by atoms with Crippen molar-refractivity contribution >= 4 is 17.3 Å². The van der Waals surface area contributed by atoms with E-state index >= 15 is 0 Å². The molecule has 0 bridgehead atoms. The molecule has 0 saturated carbocycles. The van der Waals surface area contributed by atoms with Crippen LogP contribution in [0.4, 0.5) is 24.5 Å². The molecular formula is C22H16F3N9O2. The van der Waals surface area contributed by atoms with Crippen molar-refractivity contribution in [2.45, 2.75) is 6.18 Å². The van der Waals surface area contributed by atoms with E-state index in [0.717, 1.165) is 11.0 Å². The average molecular weight is 495 g/mol. The van der Waals surface area contributed by atoms with Gasteiger partial charge in [0.05, 0.1) is 48.3 Å². The molecule has 0 unspecified atom stereocenters. The van der Waals surface area contributed by atoms with Crippen LogP contribution in [0.1, 0.15) is 21.6 Å². The lowest BCUT2D eigenvalue weighted by molar-refractivity contribution is -0.143. The van der Waals surface area contributed by atoms with Gasteiger partial charge in [-0.25, -0.2) is 9.67 Å². The van der Waals surface area contributed by atoms with Crippen LogP contribution in [-0.4, -0.2) is 55.9 Å². The average Bonchev–Trinajstić information content (AvgIpc) is 3.54. The number of benzene rings is 1. The smallest absolute Gasteiger partial charge is 0.434 e. The fourth-order valence-corrected chi connectivity index (χ4v) is 3.79. The minimum atomic E-state index is -4.92. The second-order valence-electron chi connectivity index (χ2n) is 7.69. The first-order valence-corrected chi connectivity index (χ1v) is 10.5. The highest BCUT2D eigenvalue weighted by Gasteiger charge is 2.41. The van der Waals surface area contributed by atoms with Crippen molar-refractivity contribution in [3.05, 3.63) is 65.9 Å². The summed E-state index contributed by atoms with van der Waals surface area (Å²) >= 11 is 0. The number of likely N-dealkylation sites (N-methyl/N-ethyl adjacent to an activating group) is 1. The van der Waals surface area contributed by atoms with Gasteiger partial charge >= 0.3 is 6.18 Å². The highest BCUT2D eigenvalue weighted by atomic mass is 19.4. The molecule has 0 radical (unpaired) electrons. The standard InChI is InChI=1S/C22H16F3N9O2/c1-32-7-8-36-18-16(32)3-2-4-17(18)33-19(22(23,24)25)15(12-30-33)21(35)31-14-9-13(10-26)20(27-11-14)34-28-5-6-29-34/h2-6,9,11-12H,7-8H2,1H3,(H,31,35). The quantitative estimate of drug-likeness (QED) is 0.458. The van der Waals surface area contributed by atoms with Crippen LogP contribution in [-0.2, 0) is 6.18 Å². The number of rotatable bonds is 4. The summed E-state index contributed by atoms with van der Waals surface area (Å²) in [5.41, 5.74) is -1.30. The topological polar surface area (TPSA) is 127 Å². The molecule has 0 fully saturated rings. The number of para-hydroxylation sites is 1. The Morgan fingerprint density at radius 3 is 2.64 bits per heavy atom. The van der Waals surface area contributed by atoms with Crippen LogP contribution in [0.2, 0.25) is 0 Å². The summed E-state index contributed by atoms with van der Waals surface area (Å²) in [6.07, 6.45) is -0.112. The third kappa shape index (κ3) is 3.96. The number of nitrogens with zero attached hydrogens (tertiary/aromatic N) is 8. The lowest BCUT2D eigenvalue weighted by atomic mass is 10.1. The molecule has 0 aliphatic carbocycles. The summed E-state index contributed by atoms with van der Waals surface area (Å²) in [7, 11) is 1.80. The maximum Gasteiger partial charge on any atom is 0.434 e. The Morgan fingerprint density at radius 2 is 1.92 bits per heavy atom. The number of hydrogen-bond acceptors (Lipinski definition) is 8. The van der Waals surface area contributed by atoms with Crippen molar-refractivity contribution in [1.82, 2.24) is 29.8 Å². The molecule has 1 N–H and O–H groups in total. The minimum absolute atomic E-state index is 0.00734. The van der Waals surface area contributed by atoms with Crippen LogP contribution in [0.25, 0.3) is 11.5 Å². The largest absolute Gasteiger partial charge is 0.487 e. The second-order valence-corrected chi connectivity index (χ2v) is 7.69. The molecule has 5 rings (SSSR count). The molecular weight excluding hydrogens is 479 g/mol. The fourth-order valence-electron chi connectivity index (χ4n) is 3.79. The molecule has 36 heavy (non-hydrogen) atoms. The van der Waals surface area contributed by atoms with Crippen LogP contribution in [0.3, 0.4) is 0 Å². The highest BCUT2D eigenvalue weighted by molar-refractivity contribution is 6.05. The Bertz CT molecular complexity index is 1490. The zero-order chi connectivity index (χ0) is 25.4. The van der Waals surface area contributed by atoms with Crippen molar-refractivity contribution in [2.75, 3.05) is 30.4 Å². The molecule has 1 aromatic carbocycles. The third-order valence-electron chi connectivity index (χ3n) is 5.42. The predicted octanol–water partition coefficient (Wildman–Crippen LogP) is 2.82. The first-order chi connectivity index (χ1) is 17.3. The lowest BCUT2D eigenvalue weighted by Gasteiger charge is -2.29. The Labute approximate surface area is 201 Å². The summed E-state index contributed by atoms with van der Waals surface area (Å²) in [6, 6.07) is 7.92. The number of ether oxygens (including phenoxy) is 1. The summed E-state index contributed by atoms with van der Waals surface area (Å²) in [5, 5.41) is 23.5. The van der Waals surface area contributed by atoms with Crippen molar-refractivity contribution in [2.24, 2.45) is 0 Å². The number of alkyl halides is 3. The first kappa shape index (κ1) is 22.8. The van der Waals surface area contributed by atoms with Crippen molar-refractivity contribution in [3.8, 4) is 23.3 Å². The first-order valence-electron chi connectivity index (χ1n) is 10.5. The Hall–Kier alpha value is -4.93. The van der Waals surface area contributed by atoms with E-state index in [1.165, 1.54) is 30.7 Å². The van der Waals surface area contributed by atoms with Gasteiger partial charge in [-0.1, -0.05) is 6.07 Å². The number of fused-ring (bicyclic) bond motifs is 1. The fraction of sp³-hybridized carbons (Fsp3) is 0.182. The molecule has 4 aromatic rings. The lowest BCUT2D eigenvalue weighted by Crippen LogP contribution is -2.29. The number of pyridine rings is 1. The van der Waals surface area contributed by atoms with E-state index in [2.05, 4.69) is 25.6 Å². The summed E-state index contributed by atoms with van der Waals surface area (Å²) in [6.45, 7) is 0.859. The number of carbonyl (C=O) groups excluding carboxylic acids is 1. The van der Waals surface area contributed by atoms with E-state index in [1.54, 1.807) is 19.2 Å². The van der Waals surface area contributed by atoms with E-state index in [1.807, 2.05) is 11.0 Å². The number of nitrogens with one attached hydrogen (secondary N) is 1. The van der Waals surface area contributed by atoms with Crippen molar-refractivity contribution in [1.29, 1.82) is 5.26 Å². The third-order valence-corrected chi connectivity index (χ3v) is 5.42. The van der Waals surface area contributed by atoms with Crippen molar-refractivity contribution < 1.29 is 22.7 Å².